The molecule has 0 unspecified atom stereocenters. The molecule has 0 saturated carbocycles. The Morgan fingerprint density at radius 3 is 2.38 bits per heavy atom. The number of benzene rings is 2. The number of hydrogen-bond donors (Lipinski definition) is 3. The van der Waals surface area contributed by atoms with Gasteiger partial charge in [0.2, 0.25) is 5.91 Å². The fourth-order valence-corrected chi connectivity index (χ4v) is 2.84. The molecule has 1 aliphatic rings. The highest BCUT2D eigenvalue weighted by Gasteiger charge is 2.11. The van der Waals surface area contributed by atoms with E-state index in [2.05, 4.69) is 20.9 Å². The van der Waals surface area contributed by atoms with Gasteiger partial charge in [-0.1, -0.05) is 12.1 Å². The molecule has 0 bridgehead atoms. The molecule has 0 fully saturated rings. The fourth-order valence-electron chi connectivity index (χ4n) is 2.84. The van der Waals surface area contributed by atoms with Crippen molar-refractivity contribution in [1.82, 2.24) is 5.32 Å². The first-order valence-corrected chi connectivity index (χ1v) is 9.38. The SMILES string of the molecule is CN=C(NCCc1ccc(NC(C)=O)cc1)Nc1ccc2c(c1)OCCCO2.I. The highest BCUT2D eigenvalue weighted by molar-refractivity contribution is 14.0. The minimum atomic E-state index is -0.0703. The molecule has 1 heterocycles. The Morgan fingerprint density at radius 1 is 1.00 bits per heavy atom. The van der Waals surface area contributed by atoms with Crippen LogP contribution in [0.15, 0.2) is 47.5 Å². The van der Waals surface area contributed by atoms with Crippen LogP contribution in [0, 0.1) is 0 Å². The maximum atomic E-state index is 11.1. The van der Waals surface area contributed by atoms with E-state index in [9.17, 15) is 4.79 Å². The monoisotopic (exact) mass is 510 g/mol. The van der Waals surface area contributed by atoms with Crippen molar-refractivity contribution in [1.29, 1.82) is 0 Å². The first-order chi connectivity index (χ1) is 13.6. The molecule has 0 atom stereocenters. The van der Waals surface area contributed by atoms with E-state index in [0.29, 0.717) is 19.2 Å². The van der Waals surface area contributed by atoms with Gasteiger partial charge in [-0.3, -0.25) is 9.79 Å². The third kappa shape index (κ3) is 7.12. The Hall–Kier alpha value is -2.49. The van der Waals surface area contributed by atoms with E-state index in [1.54, 1.807) is 7.05 Å². The van der Waals surface area contributed by atoms with E-state index >= 15 is 0 Å². The number of nitrogens with zero attached hydrogens (tertiary/aromatic N) is 1. The summed E-state index contributed by atoms with van der Waals surface area (Å²) in [5.41, 5.74) is 2.86. The zero-order valence-electron chi connectivity index (χ0n) is 16.7. The van der Waals surface area contributed by atoms with Gasteiger partial charge < -0.3 is 25.4 Å². The zero-order chi connectivity index (χ0) is 19.8. The van der Waals surface area contributed by atoms with Crippen molar-refractivity contribution in [2.75, 3.05) is 37.4 Å². The van der Waals surface area contributed by atoms with Crippen molar-refractivity contribution in [3.8, 4) is 11.5 Å². The quantitative estimate of drug-likeness (QED) is 0.325. The number of anilines is 2. The van der Waals surface area contributed by atoms with Crippen molar-refractivity contribution in [2.24, 2.45) is 4.99 Å². The summed E-state index contributed by atoms with van der Waals surface area (Å²) in [6.07, 6.45) is 1.72. The summed E-state index contributed by atoms with van der Waals surface area (Å²) in [4.78, 5) is 15.3. The van der Waals surface area contributed by atoms with Crippen LogP contribution in [-0.2, 0) is 11.2 Å². The number of rotatable bonds is 5. The number of ether oxygens (including phenoxy) is 2. The first-order valence-electron chi connectivity index (χ1n) is 9.38. The summed E-state index contributed by atoms with van der Waals surface area (Å²) >= 11 is 0. The molecule has 7 nitrogen and oxygen atoms in total. The van der Waals surface area contributed by atoms with Crippen LogP contribution in [0.2, 0.25) is 0 Å². The zero-order valence-corrected chi connectivity index (χ0v) is 19.0. The Morgan fingerprint density at radius 2 is 1.69 bits per heavy atom. The van der Waals surface area contributed by atoms with Crippen LogP contribution >= 0.6 is 24.0 Å². The number of amides is 1. The lowest BCUT2D eigenvalue weighted by molar-refractivity contribution is -0.114. The standard InChI is InChI=1S/C21H26N4O3.HI/c1-15(26)24-17-6-4-16(5-7-17)10-11-23-21(22-2)25-18-8-9-19-20(14-18)28-13-3-12-27-19;/h4-9,14H,3,10-13H2,1-2H3,(H,24,26)(H2,22,23,25);1H. The average molecular weight is 510 g/mol. The maximum absolute atomic E-state index is 11.1. The van der Waals surface area contributed by atoms with E-state index < -0.39 is 0 Å². The highest BCUT2D eigenvalue weighted by atomic mass is 127. The number of carbonyl (C=O) groups is 1. The van der Waals surface area contributed by atoms with Gasteiger partial charge in [-0.15, -0.1) is 24.0 Å². The summed E-state index contributed by atoms with van der Waals surface area (Å²) in [5, 5.41) is 9.34. The predicted molar refractivity (Wildman–Crippen MR) is 127 cm³/mol. The largest absolute Gasteiger partial charge is 0.490 e. The van der Waals surface area contributed by atoms with E-state index in [4.69, 9.17) is 9.47 Å². The van der Waals surface area contributed by atoms with Crippen LogP contribution in [0.25, 0.3) is 0 Å². The number of nitrogens with one attached hydrogen (secondary N) is 3. The smallest absolute Gasteiger partial charge is 0.221 e. The lowest BCUT2D eigenvalue weighted by Gasteiger charge is -2.14. The second kappa shape index (κ2) is 11.5. The number of carbonyl (C=O) groups excluding carboxylic acids is 1. The summed E-state index contributed by atoms with van der Waals surface area (Å²) in [6, 6.07) is 13.6. The fraction of sp³-hybridized carbons (Fsp3) is 0.333. The molecule has 0 aliphatic carbocycles. The van der Waals surface area contributed by atoms with Crippen molar-refractivity contribution in [3.63, 3.8) is 0 Å². The highest BCUT2D eigenvalue weighted by Crippen LogP contribution is 2.32. The molecule has 2 aromatic rings. The van der Waals surface area contributed by atoms with Crippen LogP contribution in [0.5, 0.6) is 11.5 Å². The molecular formula is C21H27IN4O3. The van der Waals surface area contributed by atoms with Crippen LogP contribution in [0.3, 0.4) is 0 Å². The summed E-state index contributed by atoms with van der Waals surface area (Å²) in [5.74, 6) is 2.13. The number of halogens is 1. The summed E-state index contributed by atoms with van der Waals surface area (Å²) in [6.45, 7) is 3.56. The summed E-state index contributed by atoms with van der Waals surface area (Å²) < 4.78 is 11.4. The number of aliphatic imine (C=N–C) groups is 1. The first kappa shape index (κ1) is 22.8. The molecule has 0 saturated heterocycles. The third-order valence-corrected chi connectivity index (χ3v) is 4.21. The van der Waals surface area contributed by atoms with Gasteiger partial charge in [0.05, 0.1) is 13.2 Å². The molecule has 3 rings (SSSR count). The van der Waals surface area contributed by atoms with Gasteiger partial charge in [0.15, 0.2) is 17.5 Å². The van der Waals surface area contributed by atoms with E-state index in [-0.39, 0.29) is 29.9 Å². The number of hydrogen-bond acceptors (Lipinski definition) is 4. The second-order valence-corrected chi connectivity index (χ2v) is 6.46. The minimum absolute atomic E-state index is 0. The normalized spacial score (nSPS) is 13.0. The lowest BCUT2D eigenvalue weighted by atomic mass is 10.1. The minimum Gasteiger partial charge on any atom is -0.490 e. The molecule has 0 radical (unpaired) electrons. The van der Waals surface area contributed by atoms with Crippen LogP contribution in [0.1, 0.15) is 18.9 Å². The van der Waals surface area contributed by atoms with Crippen LogP contribution < -0.4 is 25.4 Å². The van der Waals surface area contributed by atoms with E-state index in [1.165, 1.54) is 12.5 Å². The Bertz CT molecular complexity index is 840. The van der Waals surface area contributed by atoms with Gasteiger partial charge in [0, 0.05) is 44.4 Å². The van der Waals surface area contributed by atoms with Crippen molar-refractivity contribution >= 4 is 47.2 Å². The van der Waals surface area contributed by atoms with Gasteiger partial charge >= 0.3 is 0 Å². The molecule has 1 aliphatic heterocycles. The van der Waals surface area contributed by atoms with Gasteiger partial charge in [-0.05, 0) is 36.2 Å². The Balaban J connectivity index is 0.00000300. The summed E-state index contributed by atoms with van der Waals surface area (Å²) in [7, 11) is 1.74. The van der Waals surface area contributed by atoms with Crippen molar-refractivity contribution in [2.45, 2.75) is 19.8 Å². The lowest BCUT2D eigenvalue weighted by Crippen LogP contribution is -2.32. The average Bonchev–Trinajstić information content (AvgIpc) is 2.93. The molecule has 8 heteroatoms. The number of guanidine groups is 1. The third-order valence-electron chi connectivity index (χ3n) is 4.21. The molecule has 156 valence electrons. The van der Waals surface area contributed by atoms with Crippen LogP contribution in [-0.4, -0.2) is 38.7 Å². The molecule has 29 heavy (non-hydrogen) atoms. The Labute approximate surface area is 188 Å². The van der Waals surface area contributed by atoms with Crippen molar-refractivity contribution in [3.05, 3.63) is 48.0 Å². The van der Waals surface area contributed by atoms with E-state index in [1.807, 2.05) is 42.5 Å². The number of fused-ring (bicyclic) bond motifs is 1. The van der Waals surface area contributed by atoms with Crippen LogP contribution in [0.4, 0.5) is 11.4 Å². The predicted octanol–water partition coefficient (Wildman–Crippen LogP) is 3.65. The Kier molecular flexibility index (Phi) is 9.04. The molecule has 1 amide bonds. The second-order valence-electron chi connectivity index (χ2n) is 6.46. The van der Waals surface area contributed by atoms with Crippen molar-refractivity contribution < 1.29 is 14.3 Å². The molecule has 0 aromatic heterocycles. The maximum Gasteiger partial charge on any atom is 0.221 e. The molecular weight excluding hydrogens is 483 g/mol. The topological polar surface area (TPSA) is 84.0 Å². The van der Waals surface area contributed by atoms with E-state index in [0.717, 1.165) is 42.3 Å². The van der Waals surface area contributed by atoms with Gasteiger partial charge in [-0.25, -0.2) is 0 Å². The van der Waals surface area contributed by atoms with Gasteiger partial charge in [-0.2, -0.15) is 0 Å². The van der Waals surface area contributed by atoms with Gasteiger partial charge in [0.1, 0.15) is 0 Å². The van der Waals surface area contributed by atoms with Gasteiger partial charge in [0.25, 0.3) is 0 Å². The molecule has 3 N–H and O–H groups in total. The molecule has 2 aromatic carbocycles. The molecule has 0 spiro atoms.